The third-order valence-corrected chi connectivity index (χ3v) is 4.45. The molecule has 0 atom stereocenters. The zero-order valence-corrected chi connectivity index (χ0v) is 15.3. The van der Waals surface area contributed by atoms with E-state index in [0.717, 1.165) is 34.2 Å². The summed E-state index contributed by atoms with van der Waals surface area (Å²) in [6.45, 7) is 4.69. The Morgan fingerprint density at radius 3 is 2.42 bits per heavy atom. The fraction of sp³-hybridized carbons (Fsp3) is 0.158. The first-order valence-electron chi connectivity index (χ1n) is 7.77. The molecule has 0 spiro atoms. The molecule has 3 aromatic rings. The summed E-state index contributed by atoms with van der Waals surface area (Å²) in [6.07, 6.45) is 0. The minimum atomic E-state index is 0.724. The van der Waals surface area contributed by atoms with E-state index in [-0.39, 0.29) is 0 Å². The lowest BCUT2D eigenvalue weighted by Crippen LogP contribution is -2.05. The summed E-state index contributed by atoms with van der Waals surface area (Å²) in [5, 5.41) is 6.68. The molecule has 0 fully saturated rings. The summed E-state index contributed by atoms with van der Waals surface area (Å²) in [5.74, 6) is 2.30. The van der Waals surface area contributed by atoms with E-state index >= 15 is 0 Å². The van der Waals surface area contributed by atoms with Gasteiger partial charge in [-0.1, -0.05) is 52.3 Å². The maximum Gasteiger partial charge on any atom is 0.136 e. The molecule has 0 radical (unpaired) electrons. The van der Waals surface area contributed by atoms with Crippen LogP contribution in [0.3, 0.4) is 0 Å². The molecule has 2 aromatic carbocycles. The number of aromatic nitrogens is 2. The Bertz CT molecular complexity index is 834. The SMILES string of the molecule is Cc1nc(NCc2ccccc2)cc(Nc2ccc(C)c(Br)c2)n1. The molecule has 0 aliphatic carbocycles. The molecule has 0 aliphatic heterocycles. The molecule has 3 rings (SSSR count). The van der Waals surface area contributed by atoms with Crippen LogP contribution in [0.25, 0.3) is 0 Å². The fourth-order valence-electron chi connectivity index (χ4n) is 2.33. The first-order valence-corrected chi connectivity index (χ1v) is 8.56. The van der Waals surface area contributed by atoms with Crippen molar-refractivity contribution in [3.8, 4) is 0 Å². The number of nitrogens with zero attached hydrogens (tertiary/aromatic N) is 2. The summed E-state index contributed by atoms with van der Waals surface area (Å²) in [5.41, 5.74) is 3.40. The van der Waals surface area contributed by atoms with Crippen molar-refractivity contribution in [2.75, 3.05) is 10.6 Å². The predicted molar refractivity (Wildman–Crippen MR) is 103 cm³/mol. The summed E-state index contributed by atoms with van der Waals surface area (Å²) < 4.78 is 1.07. The first-order chi connectivity index (χ1) is 11.6. The van der Waals surface area contributed by atoms with Gasteiger partial charge in [0.15, 0.2) is 0 Å². The number of benzene rings is 2. The van der Waals surface area contributed by atoms with Crippen molar-refractivity contribution < 1.29 is 0 Å². The lowest BCUT2D eigenvalue weighted by atomic mass is 10.2. The third-order valence-electron chi connectivity index (χ3n) is 3.60. The average Bonchev–Trinajstić information content (AvgIpc) is 2.57. The topological polar surface area (TPSA) is 49.8 Å². The van der Waals surface area contributed by atoms with Gasteiger partial charge in [0.1, 0.15) is 17.5 Å². The Hall–Kier alpha value is -2.40. The first kappa shape index (κ1) is 16.5. The highest BCUT2D eigenvalue weighted by Crippen LogP contribution is 2.23. The maximum absolute atomic E-state index is 4.46. The summed E-state index contributed by atoms with van der Waals surface area (Å²) in [4.78, 5) is 8.91. The van der Waals surface area contributed by atoms with Gasteiger partial charge in [0, 0.05) is 22.8 Å². The molecule has 24 heavy (non-hydrogen) atoms. The van der Waals surface area contributed by atoms with E-state index in [1.54, 1.807) is 0 Å². The second kappa shape index (κ2) is 7.45. The van der Waals surface area contributed by atoms with Crippen LogP contribution in [0.2, 0.25) is 0 Å². The highest BCUT2D eigenvalue weighted by Gasteiger charge is 2.04. The van der Waals surface area contributed by atoms with Gasteiger partial charge in [-0.2, -0.15) is 0 Å². The number of rotatable bonds is 5. The van der Waals surface area contributed by atoms with E-state index in [0.29, 0.717) is 0 Å². The van der Waals surface area contributed by atoms with Gasteiger partial charge in [-0.05, 0) is 37.1 Å². The molecular weight excluding hydrogens is 364 g/mol. The van der Waals surface area contributed by atoms with Crippen LogP contribution < -0.4 is 10.6 Å². The molecule has 0 amide bonds. The number of nitrogens with one attached hydrogen (secondary N) is 2. The Morgan fingerprint density at radius 1 is 0.917 bits per heavy atom. The van der Waals surface area contributed by atoms with E-state index in [1.807, 2.05) is 43.3 Å². The lowest BCUT2D eigenvalue weighted by Gasteiger charge is -2.11. The predicted octanol–water partition coefficient (Wildman–Crippen LogP) is 5.21. The maximum atomic E-state index is 4.46. The van der Waals surface area contributed by atoms with Gasteiger partial charge >= 0.3 is 0 Å². The molecule has 0 saturated heterocycles. The monoisotopic (exact) mass is 382 g/mol. The van der Waals surface area contributed by atoms with E-state index in [9.17, 15) is 0 Å². The molecular formula is C19H19BrN4. The third kappa shape index (κ3) is 4.32. The second-order valence-electron chi connectivity index (χ2n) is 5.61. The molecule has 0 aliphatic rings. The Morgan fingerprint density at radius 2 is 1.67 bits per heavy atom. The quantitative estimate of drug-likeness (QED) is 0.635. The van der Waals surface area contributed by atoms with Crippen LogP contribution >= 0.6 is 15.9 Å². The summed E-state index contributed by atoms with van der Waals surface area (Å²) >= 11 is 3.55. The molecule has 0 saturated carbocycles. The Kier molecular flexibility index (Phi) is 5.11. The van der Waals surface area contributed by atoms with Gasteiger partial charge in [0.25, 0.3) is 0 Å². The summed E-state index contributed by atoms with van der Waals surface area (Å²) in [6, 6.07) is 18.3. The van der Waals surface area contributed by atoms with Gasteiger partial charge in [0.05, 0.1) is 0 Å². The molecule has 1 heterocycles. The van der Waals surface area contributed by atoms with Crippen molar-refractivity contribution in [3.05, 3.63) is 76.0 Å². The lowest BCUT2D eigenvalue weighted by molar-refractivity contribution is 1.03. The van der Waals surface area contributed by atoms with Crippen LogP contribution in [0.15, 0.2) is 59.1 Å². The minimum absolute atomic E-state index is 0.724. The number of hydrogen-bond donors (Lipinski definition) is 2. The van der Waals surface area contributed by atoms with Gasteiger partial charge in [-0.15, -0.1) is 0 Å². The van der Waals surface area contributed by atoms with E-state index < -0.39 is 0 Å². The van der Waals surface area contributed by atoms with Crippen molar-refractivity contribution in [2.45, 2.75) is 20.4 Å². The highest BCUT2D eigenvalue weighted by molar-refractivity contribution is 9.10. The number of aryl methyl sites for hydroxylation is 2. The zero-order chi connectivity index (χ0) is 16.9. The average molecular weight is 383 g/mol. The fourth-order valence-corrected chi connectivity index (χ4v) is 2.71. The van der Waals surface area contributed by atoms with Crippen LogP contribution in [-0.4, -0.2) is 9.97 Å². The second-order valence-corrected chi connectivity index (χ2v) is 6.47. The molecule has 0 unspecified atom stereocenters. The molecule has 1 aromatic heterocycles. The molecule has 2 N–H and O–H groups in total. The van der Waals surface area contributed by atoms with Crippen molar-refractivity contribution >= 4 is 33.3 Å². The number of anilines is 3. The molecule has 0 bridgehead atoms. The molecule has 4 nitrogen and oxygen atoms in total. The standard InChI is InChI=1S/C19H19BrN4/c1-13-8-9-16(10-17(13)20)24-19-11-18(22-14(2)23-19)21-12-15-6-4-3-5-7-15/h3-11H,12H2,1-2H3,(H2,21,22,23,24). The van der Waals surface area contributed by atoms with Crippen LogP contribution in [0.4, 0.5) is 17.3 Å². The van der Waals surface area contributed by atoms with Crippen molar-refractivity contribution in [3.63, 3.8) is 0 Å². The Labute approximate surface area is 150 Å². The van der Waals surface area contributed by atoms with Gasteiger partial charge in [-0.25, -0.2) is 9.97 Å². The Balaban J connectivity index is 1.74. The van der Waals surface area contributed by atoms with Crippen molar-refractivity contribution in [2.24, 2.45) is 0 Å². The van der Waals surface area contributed by atoms with E-state index in [2.05, 4.69) is 61.7 Å². The molecule has 5 heteroatoms. The van der Waals surface area contributed by atoms with Gasteiger partial charge < -0.3 is 10.6 Å². The van der Waals surface area contributed by atoms with Gasteiger partial charge in [-0.3, -0.25) is 0 Å². The normalized spacial score (nSPS) is 10.5. The zero-order valence-electron chi connectivity index (χ0n) is 13.7. The number of hydrogen-bond acceptors (Lipinski definition) is 4. The van der Waals surface area contributed by atoms with Crippen LogP contribution in [0, 0.1) is 13.8 Å². The van der Waals surface area contributed by atoms with Gasteiger partial charge in [0.2, 0.25) is 0 Å². The molecule has 122 valence electrons. The minimum Gasteiger partial charge on any atom is -0.366 e. The van der Waals surface area contributed by atoms with Crippen LogP contribution in [0.1, 0.15) is 17.0 Å². The van der Waals surface area contributed by atoms with E-state index in [4.69, 9.17) is 0 Å². The van der Waals surface area contributed by atoms with E-state index in [1.165, 1.54) is 11.1 Å². The highest BCUT2D eigenvalue weighted by atomic mass is 79.9. The van der Waals surface area contributed by atoms with Crippen LogP contribution in [0.5, 0.6) is 0 Å². The van der Waals surface area contributed by atoms with Crippen molar-refractivity contribution in [1.29, 1.82) is 0 Å². The van der Waals surface area contributed by atoms with Crippen molar-refractivity contribution in [1.82, 2.24) is 9.97 Å². The summed E-state index contributed by atoms with van der Waals surface area (Å²) in [7, 11) is 0. The largest absolute Gasteiger partial charge is 0.366 e. The number of halogens is 1. The van der Waals surface area contributed by atoms with Crippen LogP contribution in [-0.2, 0) is 6.54 Å². The smallest absolute Gasteiger partial charge is 0.136 e.